The predicted molar refractivity (Wildman–Crippen MR) is 105 cm³/mol. The number of hydrogen-bond acceptors (Lipinski definition) is 4. The second kappa shape index (κ2) is 6.83. The zero-order valence-corrected chi connectivity index (χ0v) is 16.5. The minimum absolute atomic E-state index is 0.0271. The fourth-order valence-corrected chi connectivity index (χ4v) is 3.64. The lowest BCUT2D eigenvalue weighted by Gasteiger charge is -2.12. The highest BCUT2D eigenvalue weighted by Crippen LogP contribution is 2.28. The lowest BCUT2D eigenvalue weighted by molar-refractivity contribution is -0.115. The van der Waals surface area contributed by atoms with Gasteiger partial charge in [-0.1, -0.05) is 12.1 Å². The highest BCUT2D eigenvalue weighted by molar-refractivity contribution is 7.89. The Morgan fingerprint density at radius 2 is 1.78 bits per heavy atom. The summed E-state index contributed by atoms with van der Waals surface area (Å²) in [4.78, 5) is 12.5. The molecule has 1 aromatic heterocycles. The van der Waals surface area contributed by atoms with Crippen LogP contribution in [0.2, 0.25) is 0 Å². The first-order valence-corrected chi connectivity index (χ1v) is 10.0. The molecule has 0 aliphatic rings. The molecule has 0 saturated heterocycles. The number of fused-ring (bicyclic) bond motifs is 1. The summed E-state index contributed by atoms with van der Waals surface area (Å²) in [7, 11) is -3.85. The van der Waals surface area contributed by atoms with E-state index in [1.54, 1.807) is 13.2 Å². The molecule has 0 fully saturated rings. The summed E-state index contributed by atoms with van der Waals surface area (Å²) < 4.78 is 28.9. The van der Waals surface area contributed by atoms with Gasteiger partial charge in [0.05, 0.1) is 17.6 Å². The van der Waals surface area contributed by atoms with E-state index in [1.165, 1.54) is 12.1 Å². The van der Waals surface area contributed by atoms with E-state index in [0.717, 1.165) is 38.8 Å². The van der Waals surface area contributed by atoms with Crippen molar-refractivity contribution in [3.8, 4) is 0 Å². The summed E-state index contributed by atoms with van der Waals surface area (Å²) in [6, 6.07) is 6.82. The summed E-state index contributed by atoms with van der Waals surface area (Å²) in [5, 5.41) is 8.91. The molecule has 142 valence electrons. The molecule has 27 heavy (non-hydrogen) atoms. The summed E-state index contributed by atoms with van der Waals surface area (Å²) in [6.45, 7) is 7.58. The molecule has 1 heterocycles. The quantitative estimate of drug-likeness (QED) is 0.716. The van der Waals surface area contributed by atoms with Crippen LogP contribution in [0.3, 0.4) is 0 Å². The van der Waals surface area contributed by atoms with Gasteiger partial charge in [0.1, 0.15) is 5.58 Å². The number of rotatable bonds is 4. The van der Waals surface area contributed by atoms with Gasteiger partial charge in [0, 0.05) is 16.6 Å². The SMILES string of the molecule is Cc1cc(S(N)(=O)=O)cc(NC(=O)Cc2coc3c(C)c(C)ccc23)c1C. The van der Waals surface area contributed by atoms with Gasteiger partial charge in [-0.05, 0) is 62.1 Å². The largest absolute Gasteiger partial charge is 0.464 e. The van der Waals surface area contributed by atoms with Gasteiger partial charge in [0.25, 0.3) is 0 Å². The first-order chi connectivity index (χ1) is 12.6. The number of hydrogen-bond donors (Lipinski definition) is 2. The van der Waals surface area contributed by atoms with Crippen LogP contribution in [0.25, 0.3) is 11.0 Å². The molecule has 6 nitrogen and oxygen atoms in total. The van der Waals surface area contributed by atoms with E-state index in [4.69, 9.17) is 9.56 Å². The molecule has 0 aliphatic heterocycles. The maximum atomic E-state index is 12.6. The van der Waals surface area contributed by atoms with E-state index in [-0.39, 0.29) is 17.2 Å². The Morgan fingerprint density at radius 3 is 2.44 bits per heavy atom. The molecule has 3 N–H and O–H groups in total. The second-order valence-electron chi connectivity index (χ2n) is 6.83. The van der Waals surface area contributed by atoms with Crippen molar-refractivity contribution in [1.29, 1.82) is 0 Å². The summed E-state index contributed by atoms with van der Waals surface area (Å²) in [6.07, 6.45) is 1.71. The molecule has 0 spiro atoms. The summed E-state index contributed by atoms with van der Waals surface area (Å²) >= 11 is 0. The van der Waals surface area contributed by atoms with Gasteiger partial charge >= 0.3 is 0 Å². The number of primary sulfonamides is 1. The van der Waals surface area contributed by atoms with Gasteiger partial charge in [-0.25, -0.2) is 13.6 Å². The molecule has 0 saturated carbocycles. The molecular formula is C20H22N2O4S. The number of carbonyl (C=O) groups is 1. The topological polar surface area (TPSA) is 102 Å². The number of carbonyl (C=O) groups excluding carboxylic acids is 1. The minimum Gasteiger partial charge on any atom is -0.464 e. The van der Waals surface area contributed by atoms with E-state index >= 15 is 0 Å². The maximum absolute atomic E-state index is 12.6. The van der Waals surface area contributed by atoms with Crippen LogP contribution in [0.4, 0.5) is 5.69 Å². The number of nitrogens with two attached hydrogens (primary N) is 1. The van der Waals surface area contributed by atoms with Crippen LogP contribution in [0.5, 0.6) is 0 Å². The van der Waals surface area contributed by atoms with Gasteiger partial charge in [0.2, 0.25) is 15.9 Å². The molecule has 0 radical (unpaired) electrons. The van der Waals surface area contributed by atoms with Crippen molar-refractivity contribution in [2.24, 2.45) is 5.14 Å². The predicted octanol–water partition coefficient (Wildman–Crippen LogP) is 3.50. The van der Waals surface area contributed by atoms with Crippen LogP contribution in [0.1, 0.15) is 27.8 Å². The Morgan fingerprint density at radius 1 is 1.07 bits per heavy atom. The fourth-order valence-electron chi connectivity index (χ4n) is 3.01. The third kappa shape index (κ3) is 3.74. The Bertz CT molecular complexity index is 1160. The third-order valence-corrected chi connectivity index (χ3v) is 5.83. The lowest BCUT2D eigenvalue weighted by atomic mass is 10.0. The Hall–Kier alpha value is -2.64. The van der Waals surface area contributed by atoms with Crippen molar-refractivity contribution >= 4 is 32.6 Å². The van der Waals surface area contributed by atoms with Crippen molar-refractivity contribution in [3.05, 3.63) is 58.3 Å². The Kier molecular flexibility index (Phi) is 4.84. The van der Waals surface area contributed by atoms with Gasteiger partial charge < -0.3 is 9.73 Å². The van der Waals surface area contributed by atoms with Crippen molar-refractivity contribution in [2.75, 3.05) is 5.32 Å². The van der Waals surface area contributed by atoms with E-state index in [9.17, 15) is 13.2 Å². The molecule has 0 aliphatic carbocycles. The van der Waals surface area contributed by atoms with E-state index in [1.807, 2.05) is 32.9 Å². The minimum atomic E-state index is -3.85. The molecule has 2 aromatic carbocycles. The first-order valence-electron chi connectivity index (χ1n) is 8.48. The molecule has 0 unspecified atom stereocenters. The highest BCUT2D eigenvalue weighted by atomic mass is 32.2. The molecule has 3 aromatic rings. The van der Waals surface area contributed by atoms with E-state index in [0.29, 0.717) is 5.69 Å². The monoisotopic (exact) mass is 386 g/mol. The molecule has 0 atom stereocenters. The average molecular weight is 386 g/mol. The number of sulfonamides is 1. The van der Waals surface area contributed by atoms with Crippen LogP contribution < -0.4 is 10.5 Å². The molecule has 0 bridgehead atoms. The highest BCUT2D eigenvalue weighted by Gasteiger charge is 2.16. The molecule has 1 amide bonds. The van der Waals surface area contributed by atoms with Gasteiger partial charge in [-0.15, -0.1) is 0 Å². The smallest absolute Gasteiger partial charge is 0.238 e. The van der Waals surface area contributed by atoms with Crippen LogP contribution >= 0.6 is 0 Å². The van der Waals surface area contributed by atoms with Gasteiger partial charge in [-0.3, -0.25) is 4.79 Å². The Labute approximate surface area is 158 Å². The third-order valence-electron chi connectivity index (χ3n) is 4.94. The van der Waals surface area contributed by atoms with Crippen LogP contribution in [0, 0.1) is 27.7 Å². The van der Waals surface area contributed by atoms with Crippen molar-refractivity contribution in [1.82, 2.24) is 0 Å². The Balaban J connectivity index is 1.89. The van der Waals surface area contributed by atoms with Gasteiger partial charge in [-0.2, -0.15) is 0 Å². The van der Waals surface area contributed by atoms with E-state index in [2.05, 4.69) is 5.32 Å². The van der Waals surface area contributed by atoms with Crippen LogP contribution in [0.15, 0.2) is 39.8 Å². The number of furan rings is 1. The zero-order chi connectivity index (χ0) is 19.9. The zero-order valence-electron chi connectivity index (χ0n) is 15.7. The number of benzene rings is 2. The number of nitrogens with one attached hydrogen (secondary N) is 1. The standard InChI is InChI=1S/C20H22N2O4S/c1-11-5-6-17-15(10-26-20(17)14(11)4)8-19(23)22-18-9-16(27(21,24)25)7-12(2)13(18)3/h5-7,9-10H,8H2,1-4H3,(H,22,23)(H2,21,24,25). The normalized spacial score (nSPS) is 11.7. The first kappa shape index (κ1) is 19.1. The number of aryl methyl sites for hydroxylation is 3. The number of amides is 1. The average Bonchev–Trinajstić information content (AvgIpc) is 2.97. The lowest BCUT2D eigenvalue weighted by Crippen LogP contribution is -2.17. The summed E-state index contributed by atoms with van der Waals surface area (Å²) in [5.74, 6) is -0.259. The van der Waals surface area contributed by atoms with Crippen LogP contribution in [-0.4, -0.2) is 14.3 Å². The molecule has 3 rings (SSSR count). The molecule has 7 heteroatoms. The summed E-state index contributed by atoms with van der Waals surface area (Å²) in [5.41, 5.74) is 5.69. The van der Waals surface area contributed by atoms with Crippen molar-refractivity contribution in [3.63, 3.8) is 0 Å². The van der Waals surface area contributed by atoms with Crippen LogP contribution in [-0.2, 0) is 21.2 Å². The van der Waals surface area contributed by atoms with E-state index < -0.39 is 10.0 Å². The van der Waals surface area contributed by atoms with Crippen molar-refractivity contribution < 1.29 is 17.6 Å². The maximum Gasteiger partial charge on any atom is 0.238 e. The fraction of sp³-hybridized carbons (Fsp3) is 0.250. The molecular weight excluding hydrogens is 364 g/mol. The second-order valence-corrected chi connectivity index (χ2v) is 8.39. The van der Waals surface area contributed by atoms with Crippen molar-refractivity contribution in [2.45, 2.75) is 39.0 Å². The van der Waals surface area contributed by atoms with Gasteiger partial charge in [0.15, 0.2) is 0 Å². The number of anilines is 1.